The van der Waals surface area contributed by atoms with Crippen molar-refractivity contribution in [2.75, 3.05) is 5.32 Å². The highest BCUT2D eigenvalue weighted by atomic mass is 19.4. The van der Waals surface area contributed by atoms with Crippen molar-refractivity contribution >= 4 is 17.6 Å². The van der Waals surface area contributed by atoms with E-state index in [0.717, 1.165) is 11.6 Å². The van der Waals surface area contributed by atoms with Gasteiger partial charge < -0.3 is 10.1 Å². The number of fused-ring (bicyclic) bond motifs is 1. The third-order valence-electron chi connectivity index (χ3n) is 4.82. The van der Waals surface area contributed by atoms with Crippen molar-refractivity contribution in [1.82, 2.24) is 0 Å². The minimum atomic E-state index is -4.62. The molecule has 1 heterocycles. The van der Waals surface area contributed by atoms with E-state index in [0.29, 0.717) is 11.1 Å². The van der Waals surface area contributed by atoms with Gasteiger partial charge in [-0.1, -0.05) is 38.1 Å². The van der Waals surface area contributed by atoms with Crippen LogP contribution in [0.2, 0.25) is 0 Å². The van der Waals surface area contributed by atoms with Crippen LogP contribution >= 0.6 is 0 Å². The van der Waals surface area contributed by atoms with Gasteiger partial charge in [0.05, 0.1) is 16.8 Å². The van der Waals surface area contributed by atoms with E-state index in [1.54, 1.807) is 6.07 Å². The van der Waals surface area contributed by atoms with Gasteiger partial charge in [-0.3, -0.25) is 4.79 Å². The zero-order valence-corrected chi connectivity index (χ0v) is 15.7. The fourth-order valence-corrected chi connectivity index (χ4v) is 3.20. The number of carbonyl (C=O) groups excluding carboxylic acids is 2. The molecule has 0 saturated heterocycles. The van der Waals surface area contributed by atoms with Gasteiger partial charge in [-0.15, -0.1) is 0 Å². The number of nitrogens with one attached hydrogen (secondary N) is 1. The summed E-state index contributed by atoms with van der Waals surface area (Å²) < 4.78 is 44.9. The molecule has 1 aliphatic heterocycles. The molecule has 2 aromatic carbocycles. The second kappa shape index (κ2) is 6.96. The van der Waals surface area contributed by atoms with Gasteiger partial charge in [0.25, 0.3) is 5.91 Å². The molecule has 1 aliphatic rings. The van der Waals surface area contributed by atoms with Crippen LogP contribution in [-0.2, 0) is 22.1 Å². The van der Waals surface area contributed by atoms with Gasteiger partial charge >= 0.3 is 12.1 Å². The molecule has 0 aliphatic carbocycles. The molecule has 0 fully saturated rings. The molecule has 0 aromatic heterocycles. The van der Waals surface area contributed by atoms with Gasteiger partial charge in [-0.2, -0.15) is 13.2 Å². The zero-order chi connectivity index (χ0) is 20.7. The fraction of sp³-hybridized carbons (Fsp3) is 0.333. The number of hydrogen-bond donors (Lipinski definition) is 1. The number of cyclic esters (lactones) is 1. The predicted molar refractivity (Wildman–Crippen MR) is 98.1 cm³/mol. The molecule has 1 amide bonds. The molecule has 1 N–H and O–H groups in total. The smallest absolute Gasteiger partial charge is 0.418 e. The Morgan fingerprint density at radius 2 is 1.86 bits per heavy atom. The maximum Gasteiger partial charge on any atom is 0.418 e. The van der Waals surface area contributed by atoms with Crippen molar-refractivity contribution in [3.63, 3.8) is 0 Å². The molecule has 7 heteroatoms. The average Bonchev–Trinajstić information content (AvgIpc) is 2.60. The first-order valence-electron chi connectivity index (χ1n) is 8.85. The van der Waals surface area contributed by atoms with E-state index in [-0.39, 0.29) is 18.0 Å². The van der Waals surface area contributed by atoms with E-state index in [9.17, 15) is 22.8 Å². The van der Waals surface area contributed by atoms with E-state index in [1.807, 2.05) is 26.0 Å². The molecule has 3 rings (SSSR count). The van der Waals surface area contributed by atoms with Crippen molar-refractivity contribution < 1.29 is 27.5 Å². The quantitative estimate of drug-likeness (QED) is 0.754. The molecule has 0 saturated carbocycles. The first-order valence-corrected chi connectivity index (χ1v) is 8.85. The summed E-state index contributed by atoms with van der Waals surface area (Å²) in [4.78, 5) is 25.2. The van der Waals surface area contributed by atoms with Gasteiger partial charge in [0.1, 0.15) is 0 Å². The van der Waals surface area contributed by atoms with Crippen molar-refractivity contribution in [3.8, 4) is 0 Å². The lowest BCUT2D eigenvalue weighted by Gasteiger charge is -2.33. The second-order valence-electron chi connectivity index (χ2n) is 7.37. The molecule has 2 aromatic rings. The minimum absolute atomic E-state index is 0.0780. The number of carbonyl (C=O) groups is 2. The third-order valence-corrected chi connectivity index (χ3v) is 4.82. The molecular weight excluding hydrogens is 371 g/mol. The standard InChI is InChI=1S/C21H20F3NO3/c1-12(2)13-8-9-15-14(10-13)11-20(3,28-18(15)26)19(27)25-17-7-5-4-6-16(17)21(22,23)24/h4-10,12H,11H2,1-3H3,(H,25,27). The maximum atomic E-state index is 13.2. The number of hydrogen-bond acceptors (Lipinski definition) is 3. The Bertz CT molecular complexity index is 937. The number of anilines is 1. The molecule has 148 valence electrons. The van der Waals surface area contributed by atoms with E-state index in [1.165, 1.54) is 25.1 Å². The summed E-state index contributed by atoms with van der Waals surface area (Å²) in [6.45, 7) is 5.41. The van der Waals surface area contributed by atoms with E-state index < -0.39 is 29.2 Å². The summed E-state index contributed by atoms with van der Waals surface area (Å²) in [6, 6.07) is 10.0. The highest BCUT2D eigenvalue weighted by Gasteiger charge is 2.44. The first kappa shape index (κ1) is 19.9. The Balaban J connectivity index is 1.91. The molecule has 4 nitrogen and oxygen atoms in total. The highest BCUT2D eigenvalue weighted by molar-refractivity contribution is 6.02. The Morgan fingerprint density at radius 1 is 1.18 bits per heavy atom. The lowest BCUT2D eigenvalue weighted by atomic mass is 9.86. The van der Waals surface area contributed by atoms with Crippen LogP contribution in [0.15, 0.2) is 42.5 Å². The lowest BCUT2D eigenvalue weighted by Crippen LogP contribution is -2.49. The van der Waals surface area contributed by atoms with Crippen LogP contribution in [0.5, 0.6) is 0 Å². The number of alkyl halides is 3. The number of rotatable bonds is 3. The van der Waals surface area contributed by atoms with E-state index >= 15 is 0 Å². The first-order chi connectivity index (χ1) is 13.0. The number of halogens is 3. The minimum Gasteiger partial charge on any atom is -0.445 e. The summed E-state index contributed by atoms with van der Waals surface area (Å²) in [6.07, 6.45) is -4.54. The normalized spacial score (nSPS) is 19.2. The second-order valence-corrected chi connectivity index (χ2v) is 7.37. The van der Waals surface area contributed by atoms with Gasteiger partial charge in [0.15, 0.2) is 5.60 Å². The van der Waals surface area contributed by atoms with Crippen LogP contribution in [0.3, 0.4) is 0 Å². The Morgan fingerprint density at radius 3 is 2.50 bits per heavy atom. The van der Waals surface area contributed by atoms with Gasteiger partial charge in [-0.25, -0.2) is 4.79 Å². The average molecular weight is 391 g/mol. The predicted octanol–water partition coefficient (Wildman–Crippen LogP) is 4.94. The van der Waals surface area contributed by atoms with E-state index in [4.69, 9.17) is 4.74 Å². The highest BCUT2D eigenvalue weighted by Crippen LogP contribution is 2.36. The summed E-state index contributed by atoms with van der Waals surface area (Å²) in [7, 11) is 0. The summed E-state index contributed by atoms with van der Waals surface area (Å²) >= 11 is 0. The Hall–Kier alpha value is -2.83. The number of benzene rings is 2. The zero-order valence-electron chi connectivity index (χ0n) is 15.7. The van der Waals surface area contributed by atoms with Crippen molar-refractivity contribution in [1.29, 1.82) is 0 Å². The molecule has 1 atom stereocenters. The molecule has 1 unspecified atom stereocenters. The van der Waals surface area contributed by atoms with Crippen molar-refractivity contribution in [2.24, 2.45) is 0 Å². The van der Waals surface area contributed by atoms with Crippen LogP contribution in [0.25, 0.3) is 0 Å². The largest absolute Gasteiger partial charge is 0.445 e. The van der Waals surface area contributed by atoms with Crippen molar-refractivity contribution in [2.45, 2.75) is 44.9 Å². The topological polar surface area (TPSA) is 55.4 Å². The fourth-order valence-electron chi connectivity index (χ4n) is 3.20. The summed E-state index contributed by atoms with van der Waals surface area (Å²) in [5.74, 6) is -1.25. The molecular formula is C21H20F3NO3. The number of esters is 1. The molecule has 0 radical (unpaired) electrons. The summed E-state index contributed by atoms with van der Waals surface area (Å²) in [5.41, 5.74) is -0.943. The van der Waals surface area contributed by atoms with Crippen molar-refractivity contribution in [3.05, 3.63) is 64.7 Å². The van der Waals surface area contributed by atoms with Crippen LogP contribution in [0, 0.1) is 0 Å². The van der Waals surface area contributed by atoms with Crippen LogP contribution in [-0.4, -0.2) is 17.5 Å². The van der Waals surface area contributed by atoms with Crippen LogP contribution in [0.4, 0.5) is 18.9 Å². The van der Waals surface area contributed by atoms with Gasteiger partial charge in [0.2, 0.25) is 0 Å². The lowest BCUT2D eigenvalue weighted by molar-refractivity contribution is -0.137. The molecule has 0 spiro atoms. The number of ether oxygens (including phenoxy) is 1. The van der Waals surface area contributed by atoms with Gasteiger partial charge in [0, 0.05) is 6.42 Å². The Labute approximate surface area is 160 Å². The molecule has 28 heavy (non-hydrogen) atoms. The van der Waals surface area contributed by atoms with Crippen LogP contribution in [0.1, 0.15) is 53.7 Å². The van der Waals surface area contributed by atoms with Gasteiger partial charge in [-0.05, 0) is 42.2 Å². The summed E-state index contributed by atoms with van der Waals surface area (Å²) in [5, 5.41) is 2.28. The number of amides is 1. The third kappa shape index (κ3) is 3.74. The maximum absolute atomic E-state index is 13.2. The van der Waals surface area contributed by atoms with Crippen LogP contribution < -0.4 is 5.32 Å². The SMILES string of the molecule is CC(C)c1ccc2c(c1)CC(C)(C(=O)Nc1ccccc1C(F)(F)F)OC2=O. The van der Waals surface area contributed by atoms with E-state index in [2.05, 4.69) is 5.32 Å². The Kier molecular flexibility index (Phi) is 4.95. The monoisotopic (exact) mass is 391 g/mol. The molecule has 0 bridgehead atoms. The number of para-hydroxylation sites is 1.